The summed E-state index contributed by atoms with van der Waals surface area (Å²) in [6.07, 6.45) is 67.8. The highest BCUT2D eigenvalue weighted by Gasteiger charge is 2.19. The molecule has 6 heteroatoms. The average Bonchev–Trinajstić information content (AvgIpc) is 3.35. The Morgan fingerprint density at radius 2 is 0.478 bits per heavy atom. The molecule has 0 aromatic rings. The van der Waals surface area contributed by atoms with Crippen LogP contribution in [0.25, 0.3) is 0 Å². The first-order valence-electron chi connectivity index (χ1n) is 31.2. The Balaban J connectivity index is 4.29. The van der Waals surface area contributed by atoms with E-state index in [2.05, 4.69) is 32.9 Å². The maximum Gasteiger partial charge on any atom is 0.306 e. The molecule has 0 N–H and O–H groups in total. The lowest BCUT2D eigenvalue weighted by Gasteiger charge is -2.18. The maximum absolute atomic E-state index is 12.9. The van der Waals surface area contributed by atoms with Crippen molar-refractivity contribution in [3.63, 3.8) is 0 Å². The van der Waals surface area contributed by atoms with Crippen LogP contribution in [0.4, 0.5) is 0 Å². The first-order valence-corrected chi connectivity index (χ1v) is 31.2. The van der Waals surface area contributed by atoms with E-state index < -0.39 is 6.10 Å². The Labute approximate surface area is 431 Å². The Bertz CT molecular complexity index is 1070. The molecule has 0 aromatic heterocycles. The zero-order chi connectivity index (χ0) is 50.0. The lowest BCUT2D eigenvalue weighted by atomic mass is 10.0. The Kier molecular flexibility index (Phi) is 57.1. The summed E-state index contributed by atoms with van der Waals surface area (Å²) in [5.41, 5.74) is 0. The van der Waals surface area contributed by atoms with Crippen LogP contribution < -0.4 is 0 Å². The molecule has 0 saturated carbocycles. The third kappa shape index (κ3) is 56.9. The minimum Gasteiger partial charge on any atom is -0.462 e. The Hall–Kier alpha value is -1.85. The van der Waals surface area contributed by atoms with Crippen molar-refractivity contribution in [3.8, 4) is 0 Å². The predicted octanol–water partition coefficient (Wildman–Crippen LogP) is 20.9. The summed E-state index contributed by atoms with van der Waals surface area (Å²) in [6.45, 7) is 6.70. The lowest BCUT2D eigenvalue weighted by molar-refractivity contribution is -0.167. The molecule has 0 fully saturated rings. The molecular formula is C63H120O6. The van der Waals surface area contributed by atoms with Crippen molar-refractivity contribution < 1.29 is 28.6 Å². The van der Waals surface area contributed by atoms with E-state index in [1.54, 1.807) is 0 Å². The van der Waals surface area contributed by atoms with Crippen molar-refractivity contribution in [2.45, 2.75) is 361 Å². The summed E-state index contributed by atoms with van der Waals surface area (Å²) in [5, 5.41) is 0. The fraction of sp³-hybridized carbons (Fsp3) is 0.921. The summed E-state index contributed by atoms with van der Waals surface area (Å²) < 4.78 is 16.9. The lowest BCUT2D eigenvalue weighted by Crippen LogP contribution is -2.30. The third-order valence-corrected chi connectivity index (χ3v) is 14.3. The van der Waals surface area contributed by atoms with Crippen molar-refractivity contribution in [1.82, 2.24) is 0 Å². The minimum absolute atomic E-state index is 0.0661. The number of ether oxygens (including phenoxy) is 3. The van der Waals surface area contributed by atoms with Gasteiger partial charge in [-0.05, 0) is 44.9 Å². The molecule has 0 aliphatic rings. The van der Waals surface area contributed by atoms with E-state index >= 15 is 0 Å². The van der Waals surface area contributed by atoms with Crippen LogP contribution in [-0.4, -0.2) is 37.2 Å². The van der Waals surface area contributed by atoms with Gasteiger partial charge in [0.25, 0.3) is 0 Å². The number of hydrogen-bond acceptors (Lipinski definition) is 6. The maximum atomic E-state index is 12.9. The van der Waals surface area contributed by atoms with E-state index in [1.165, 1.54) is 250 Å². The van der Waals surface area contributed by atoms with Gasteiger partial charge in [0.05, 0.1) is 0 Å². The molecular weight excluding hydrogens is 853 g/mol. The molecule has 408 valence electrons. The van der Waals surface area contributed by atoms with Gasteiger partial charge in [-0.3, -0.25) is 14.4 Å². The molecule has 0 bridgehead atoms. The van der Waals surface area contributed by atoms with E-state index in [0.29, 0.717) is 19.3 Å². The topological polar surface area (TPSA) is 78.9 Å². The van der Waals surface area contributed by atoms with Gasteiger partial charge in [0.2, 0.25) is 0 Å². The second kappa shape index (κ2) is 58.7. The predicted molar refractivity (Wildman–Crippen MR) is 298 cm³/mol. The zero-order valence-electron chi connectivity index (χ0n) is 46.9. The monoisotopic (exact) mass is 973 g/mol. The first kappa shape index (κ1) is 67.1. The molecule has 0 rings (SSSR count). The van der Waals surface area contributed by atoms with E-state index in [4.69, 9.17) is 14.2 Å². The highest BCUT2D eigenvalue weighted by Crippen LogP contribution is 2.18. The molecule has 0 spiro atoms. The molecule has 0 aromatic carbocycles. The number of hydrogen-bond donors (Lipinski definition) is 0. The number of carbonyl (C=O) groups is 3. The van der Waals surface area contributed by atoms with Crippen molar-refractivity contribution in [2.75, 3.05) is 13.2 Å². The number of carbonyl (C=O) groups excluding carboxylic acids is 3. The van der Waals surface area contributed by atoms with Gasteiger partial charge >= 0.3 is 17.9 Å². The van der Waals surface area contributed by atoms with Gasteiger partial charge in [-0.2, -0.15) is 0 Å². The number of allylic oxidation sites excluding steroid dienone is 2. The van der Waals surface area contributed by atoms with Crippen LogP contribution in [0.2, 0.25) is 0 Å². The molecule has 1 atom stereocenters. The van der Waals surface area contributed by atoms with Gasteiger partial charge in [-0.25, -0.2) is 0 Å². The van der Waals surface area contributed by atoms with Gasteiger partial charge in [0.1, 0.15) is 13.2 Å². The summed E-state index contributed by atoms with van der Waals surface area (Å²) >= 11 is 0. The fourth-order valence-corrected chi connectivity index (χ4v) is 9.56. The van der Waals surface area contributed by atoms with E-state index in [0.717, 1.165) is 64.2 Å². The van der Waals surface area contributed by atoms with Gasteiger partial charge in [-0.15, -0.1) is 0 Å². The smallest absolute Gasteiger partial charge is 0.306 e. The second-order valence-corrected chi connectivity index (χ2v) is 21.3. The summed E-state index contributed by atoms with van der Waals surface area (Å²) in [6, 6.07) is 0. The van der Waals surface area contributed by atoms with Gasteiger partial charge in [0, 0.05) is 19.3 Å². The van der Waals surface area contributed by atoms with Gasteiger partial charge in [0.15, 0.2) is 6.10 Å². The molecule has 6 nitrogen and oxygen atoms in total. The van der Waals surface area contributed by atoms with Crippen LogP contribution in [0.15, 0.2) is 12.2 Å². The van der Waals surface area contributed by atoms with E-state index in [9.17, 15) is 14.4 Å². The summed E-state index contributed by atoms with van der Waals surface area (Å²) in [5.74, 6) is -0.846. The largest absolute Gasteiger partial charge is 0.462 e. The van der Waals surface area contributed by atoms with Crippen molar-refractivity contribution in [3.05, 3.63) is 12.2 Å². The molecule has 0 radical (unpaired) electrons. The second-order valence-electron chi connectivity index (χ2n) is 21.3. The van der Waals surface area contributed by atoms with Crippen LogP contribution in [0, 0.1) is 0 Å². The standard InChI is InChI=1S/C63H120O6/c1-4-7-10-13-16-19-22-25-28-30-31-32-33-36-38-41-44-47-50-53-56-62(65)68-59-60(58-67-61(64)55-52-49-46-43-40-37-34-27-24-21-18-15-12-9-6-3)69-63(66)57-54-51-48-45-42-39-35-29-26-23-20-17-14-11-8-5-2/h27,34,60H,4-26,28-33,35-59H2,1-3H3/b34-27-. The van der Waals surface area contributed by atoms with Gasteiger partial charge in [-0.1, -0.05) is 303 Å². The quantitative estimate of drug-likeness (QED) is 0.0261. The van der Waals surface area contributed by atoms with Gasteiger partial charge < -0.3 is 14.2 Å². The normalized spacial score (nSPS) is 12.0. The van der Waals surface area contributed by atoms with Crippen LogP contribution in [-0.2, 0) is 28.6 Å². The molecule has 1 unspecified atom stereocenters. The van der Waals surface area contributed by atoms with Crippen molar-refractivity contribution in [1.29, 1.82) is 0 Å². The zero-order valence-corrected chi connectivity index (χ0v) is 46.9. The highest BCUT2D eigenvalue weighted by molar-refractivity contribution is 5.71. The summed E-state index contributed by atoms with van der Waals surface area (Å²) in [4.78, 5) is 38.2. The van der Waals surface area contributed by atoms with Crippen LogP contribution in [0.1, 0.15) is 355 Å². The SMILES string of the molecule is CCCCCCCC/C=C\CCCCCCCC(=O)OCC(COC(=O)CCCCCCCCCCCCCCCCCCCCCC)OC(=O)CCCCCCCCCCCCCCCCCC. The molecule has 0 heterocycles. The summed E-state index contributed by atoms with van der Waals surface area (Å²) in [7, 11) is 0. The van der Waals surface area contributed by atoms with Crippen molar-refractivity contribution in [2.24, 2.45) is 0 Å². The minimum atomic E-state index is -0.768. The average molecular weight is 974 g/mol. The number of esters is 3. The van der Waals surface area contributed by atoms with E-state index in [-0.39, 0.29) is 31.1 Å². The first-order chi connectivity index (χ1) is 34.0. The van der Waals surface area contributed by atoms with Crippen LogP contribution >= 0.6 is 0 Å². The molecule has 69 heavy (non-hydrogen) atoms. The highest BCUT2D eigenvalue weighted by atomic mass is 16.6. The molecule has 0 aliphatic carbocycles. The Morgan fingerprint density at radius 3 is 0.725 bits per heavy atom. The van der Waals surface area contributed by atoms with Crippen LogP contribution in [0.3, 0.4) is 0 Å². The third-order valence-electron chi connectivity index (χ3n) is 14.3. The molecule has 0 saturated heterocycles. The van der Waals surface area contributed by atoms with Crippen LogP contribution in [0.5, 0.6) is 0 Å². The fourth-order valence-electron chi connectivity index (χ4n) is 9.56. The van der Waals surface area contributed by atoms with Crippen molar-refractivity contribution >= 4 is 17.9 Å². The number of unbranched alkanes of at least 4 members (excludes halogenated alkanes) is 45. The van der Waals surface area contributed by atoms with E-state index in [1.807, 2.05) is 0 Å². The molecule has 0 amide bonds. The number of rotatable bonds is 58. The molecule has 0 aliphatic heterocycles. The Morgan fingerprint density at radius 1 is 0.275 bits per heavy atom.